The quantitative estimate of drug-likeness (QED) is 0.945. The summed E-state index contributed by atoms with van der Waals surface area (Å²) in [6.07, 6.45) is 1.55. The van der Waals surface area contributed by atoms with Gasteiger partial charge in [0, 0.05) is 6.20 Å². The Balaban J connectivity index is 2.36. The van der Waals surface area contributed by atoms with Crippen LogP contribution in [0, 0.1) is 18.3 Å². The molecule has 7 heteroatoms. The van der Waals surface area contributed by atoms with E-state index in [1.54, 1.807) is 18.3 Å². The van der Waals surface area contributed by atoms with Crippen LogP contribution in [-0.2, 0) is 10.0 Å². The van der Waals surface area contributed by atoms with E-state index in [0.717, 1.165) is 5.56 Å². The molecule has 5 nitrogen and oxygen atoms in total. The normalized spacial score (nSPS) is 10.8. The van der Waals surface area contributed by atoms with E-state index in [1.807, 2.05) is 13.0 Å². The summed E-state index contributed by atoms with van der Waals surface area (Å²) >= 11 is 5.89. The summed E-state index contributed by atoms with van der Waals surface area (Å²) in [5.41, 5.74) is 1.21. The molecule has 2 rings (SSSR count). The minimum atomic E-state index is -3.84. The molecule has 0 saturated carbocycles. The van der Waals surface area contributed by atoms with Gasteiger partial charge in [-0.05, 0) is 36.8 Å². The van der Waals surface area contributed by atoms with Crippen LogP contribution in [0.2, 0.25) is 5.02 Å². The lowest BCUT2D eigenvalue weighted by molar-refractivity contribution is 0.601. The molecule has 20 heavy (non-hydrogen) atoms. The first-order valence-electron chi connectivity index (χ1n) is 5.57. The van der Waals surface area contributed by atoms with Crippen LogP contribution < -0.4 is 4.72 Å². The molecule has 1 N–H and O–H groups in total. The van der Waals surface area contributed by atoms with Gasteiger partial charge in [0.25, 0.3) is 10.0 Å². The second-order valence-corrected chi connectivity index (χ2v) is 6.14. The van der Waals surface area contributed by atoms with Crippen molar-refractivity contribution in [2.24, 2.45) is 0 Å². The highest BCUT2D eigenvalue weighted by Gasteiger charge is 2.18. The number of aryl methyl sites for hydroxylation is 1. The number of aromatic nitrogens is 1. The van der Waals surface area contributed by atoms with Gasteiger partial charge in [-0.25, -0.2) is 13.4 Å². The summed E-state index contributed by atoms with van der Waals surface area (Å²) in [6.45, 7) is 1.85. The Morgan fingerprint density at radius 1 is 1.30 bits per heavy atom. The maximum absolute atomic E-state index is 12.2. The molecule has 0 unspecified atom stereocenters. The molecular formula is C13H10ClN3O2S. The zero-order chi connectivity index (χ0) is 14.8. The van der Waals surface area contributed by atoms with Gasteiger partial charge < -0.3 is 0 Å². The van der Waals surface area contributed by atoms with Crippen molar-refractivity contribution in [3.63, 3.8) is 0 Å². The first kappa shape index (κ1) is 14.3. The summed E-state index contributed by atoms with van der Waals surface area (Å²) in [4.78, 5) is 3.87. The number of rotatable bonds is 3. The summed E-state index contributed by atoms with van der Waals surface area (Å²) in [6, 6.07) is 9.18. The van der Waals surface area contributed by atoms with Gasteiger partial charge in [0.2, 0.25) is 0 Å². The minimum Gasteiger partial charge on any atom is -0.263 e. The van der Waals surface area contributed by atoms with E-state index in [9.17, 15) is 8.42 Å². The molecule has 1 aromatic heterocycles. The number of hydrogen-bond donors (Lipinski definition) is 1. The second-order valence-electron chi connectivity index (χ2n) is 4.08. The third-order valence-corrected chi connectivity index (χ3v) is 4.34. The van der Waals surface area contributed by atoms with Crippen LogP contribution in [0.3, 0.4) is 0 Å². The smallest absolute Gasteiger partial charge is 0.263 e. The summed E-state index contributed by atoms with van der Waals surface area (Å²) in [5, 5.41) is 8.72. The lowest BCUT2D eigenvalue weighted by Crippen LogP contribution is -2.14. The Labute approximate surface area is 121 Å². The van der Waals surface area contributed by atoms with Crippen LogP contribution in [0.15, 0.2) is 41.4 Å². The predicted octanol–water partition coefficient (Wildman–Crippen LogP) is 2.72. The standard InChI is InChI=1S/C13H10ClN3O2S/c1-9-2-5-13(16-8-9)17-20(18,19)12-4-3-10(7-15)6-11(12)14/h2-6,8H,1H3,(H,16,17). The fourth-order valence-electron chi connectivity index (χ4n) is 1.51. The van der Waals surface area contributed by atoms with Crippen molar-refractivity contribution in [3.05, 3.63) is 52.7 Å². The maximum Gasteiger partial charge on any atom is 0.264 e. The van der Waals surface area contributed by atoms with Gasteiger partial charge in [0.15, 0.2) is 0 Å². The summed E-state index contributed by atoms with van der Waals surface area (Å²) in [5.74, 6) is 0.205. The average Bonchev–Trinajstić information content (AvgIpc) is 2.40. The third kappa shape index (κ3) is 3.07. The van der Waals surface area contributed by atoms with E-state index in [4.69, 9.17) is 16.9 Å². The van der Waals surface area contributed by atoms with Crippen LogP contribution >= 0.6 is 11.6 Å². The molecule has 0 aliphatic rings. The van der Waals surface area contributed by atoms with Crippen LogP contribution in [0.25, 0.3) is 0 Å². The molecule has 0 saturated heterocycles. The van der Waals surface area contributed by atoms with E-state index < -0.39 is 10.0 Å². The molecule has 102 valence electrons. The monoisotopic (exact) mass is 307 g/mol. The molecular weight excluding hydrogens is 298 g/mol. The van der Waals surface area contributed by atoms with E-state index in [-0.39, 0.29) is 15.7 Å². The lowest BCUT2D eigenvalue weighted by atomic mass is 10.2. The molecule has 0 aliphatic heterocycles. The number of benzene rings is 1. The van der Waals surface area contributed by atoms with Crippen LogP contribution in [-0.4, -0.2) is 13.4 Å². The fraction of sp³-hybridized carbons (Fsp3) is 0.0769. The number of halogens is 1. The number of pyridine rings is 1. The van der Waals surface area contributed by atoms with Crippen LogP contribution in [0.4, 0.5) is 5.82 Å². The predicted molar refractivity (Wildman–Crippen MR) is 75.9 cm³/mol. The van der Waals surface area contributed by atoms with Gasteiger partial charge in [-0.1, -0.05) is 17.7 Å². The molecule has 0 spiro atoms. The maximum atomic E-state index is 12.2. The molecule has 1 aromatic carbocycles. The average molecular weight is 308 g/mol. The van der Waals surface area contributed by atoms with Crippen LogP contribution in [0.5, 0.6) is 0 Å². The molecule has 2 aromatic rings. The van der Waals surface area contributed by atoms with Gasteiger partial charge in [-0.2, -0.15) is 5.26 Å². The van der Waals surface area contributed by atoms with Gasteiger partial charge in [0.1, 0.15) is 10.7 Å². The molecule has 0 fully saturated rings. The van der Waals surface area contributed by atoms with Gasteiger partial charge in [-0.15, -0.1) is 0 Å². The van der Waals surface area contributed by atoms with Crippen molar-refractivity contribution in [1.82, 2.24) is 4.98 Å². The molecule has 0 bridgehead atoms. The van der Waals surface area contributed by atoms with Crippen molar-refractivity contribution in [1.29, 1.82) is 5.26 Å². The number of nitrogens with zero attached hydrogens (tertiary/aromatic N) is 2. The number of nitriles is 1. The molecule has 0 radical (unpaired) electrons. The van der Waals surface area contributed by atoms with E-state index >= 15 is 0 Å². The first-order valence-corrected chi connectivity index (χ1v) is 7.43. The first-order chi connectivity index (χ1) is 9.42. The largest absolute Gasteiger partial charge is 0.264 e. The SMILES string of the molecule is Cc1ccc(NS(=O)(=O)c2ccc(C#N)cc2Cl)nc1. The van der Waals surface area contributed by atoms with Gasteiger partial charge >= 0.3 is 0 Å². The van der Waals surface area contributed by atoms with Crippen molar-refractivity contribution < 1.29 is 8.42 Å². The molecule has 0 aliphatic carbocycles. The Kier molecular flexibility index (Phi) is 3.93. The van der Waals surface area contributed by atoms with Crippen molar-refractivity contribution in [2.45, 2.75) is 11.8 Å². The highest BCUT2D eigenvalue weighted by Crippen LogP contribution is 2.24. The highest BCUT2D eigenvalue weighted by atomic mass is 35.5. The zero-order valence-electron chi connectivity index (χ0n) is 10.5. The second kappa shape index (κ2) is 5.49. The Hall–Kier alpha value is -2.10. The van der Waals surface area contributed by atoms with E-state index in [1.165, 1.54) is 18.2 Å². The number of sulfonamides is 1. The Morgan fingerprint density at radius 2 is 2.05 bits per heavy atom. The minimum absolute atomic E-state index is 0.0105. The molecule has 1 heterocycles. The summed E-state index contributed by atoms with van der Waals surface area (Å²) < 4.78 is 26.7. The third-order valence-electron chi connectivity index (χ3n) is 2.50. The fourth-order valence-corrected chi connectivity index (χ4v) is 3.06. The Morgan fingerprint density at radius 3 is 2.60 bits per heavy atom. The lowest BCUT2D eigenvalue weighted by Gasteiger charge is -2.09. The van der Waals surface area contributed by atoms with E-state index in [0.29, 0.717) is 5.56 Å². The summed E-state index contributed by atoms with van der Waals surface area (Å²) in [7, 11) is -3.84. The van der Waals surface area contributed by atoms with Crippen molar-refractivity contribution >= 4 is 27.4 Å². The molecule has 0 atom stereocenters. The number of anilines is 1. The Bertz CT molecular complexity index is 780. The van der Waals surface area contributed by atoms with Crippen molar-refractivity contribution in [2.75, 3.05) is 4.72 Å². The number of hydrogen-bond acceptors (Lipinski definition) is 4. The zero-order valence-corrected chi connectivity index (χ0v) is 12.0. The van der Waals surface area contributed by atoms with Crippen molar-refractivity contribution in [3.8, 4) is 6.07 Å². The molecule has 0 amide bonds. The van der Waals surface area contributed by atoms with E-state index in [2.05, 4.69) is 9.71 Å². The highest BCUT2D eigenvalue weighted by molar-refractivity contribution is 7.92. The van der Waals surface area contributed by atoms with Crippen LogP contribution in [0.1, 0.15) is 11.1 Å². The van der Waals surface area contributed by atoms with Gasteiger partial charge in [0.05, 0.1) is 16.7 Å². The topological polar surface area (TPSA) is 82.9 Å². The number of nitrogens with one attached hydrogen (secondary N) is 1. The van der Waals surface area contributed by atoms with Gasteiger partial charge in [-0.3, -0.25) is 4.72 Å².